The number of aliphatic imine (C=N–C) groups is 1. The predicted molar refractivity (Wildman–Crippen MR) is 129 cm³/mol. The summed E-state index contributed by atoms with van der Waals surface area (Å²) in [5.41, 5.74) is 0.646. The van der Waals surface area contributed by atoms with Crippen LogP contribution in [-0.4, -0.2) is 24.3 Å². The lowest BCUT2D eigenvalue weighted by atomic mass is 9.70. The van der Waals surface area contributed by atoms with Gasteiger partial charge in [-0.3, -0.25) is 9.59 Å². The summed E-state index contributed by atoms with van der Waals surface area (Å²) in [6, 6.07) is 9.91. The Morgan fingerprint density at radius 2 is 1.83 bits per heavy atom. The third-order valence-electron chi connectivity index (χ3n) is 4.51. The number of amides is 2. The number of nitrogens with zero attached hydrogens (tertiary/aromatic N) is 1. The average Bonchev–Trinajstić information content (AvgIpc) is 3.54. The molecule has 0 bridgehead atoms. The van der Waals surface area contributed by atoms with Crippen LogP contribution < -0.4 is 16.1 Å². The lowest BCUT2D eigenvalue weighted by molar-refractivity contribution is -0.135. The second-order valence-electron chi connectivity index (χ2n) is 6.75. The van der Waals surface area contributed by atoms with Crippen LogP contribution in [0.3, 0.4) is 0 Å². The molecule has 1 aliphatic rings. The molecule has 2 rings (SSSR count). The number of hydrogen-bond acceptors (Lipinski definition) is 4. The molecule has 154 valence electrons. The minimum absolute atomic E-state index is 0.326. The number of allylic oxidation sites excluding steroid dienone is 4. The highest BCUT2D eigenvalue weighted by atomic mass is 32.2. The zero-order valence-corrected chi connectivity index (χ0v) is 18.0. The summed E-state index contributed by atoms with van der Waals surface area (Å²) in [5.74, 6) is -0.698. The Balaban J connectivity index is 2.01. The topological polar surface area (TPSA) is 70.6 Å². The molecule has 1 aromatic carbocycles. The Kier molecular flexibility index (Phi) is 8.68. The smallest absolute Gasteiger partial charge is 0.241 e. The molecule has 0 heterocycles. The summed E-state index contributed by atoms with van der Waals surface area (Å²) >= 11 is 1.26. The molecular formula is C23H26BN3O2S. The molecule has 0 saturated heterocycles. The summed E-state index contributed by atoms with van der Waals surface area (Å²) in [7, 11) is 0.642. The predicted octanol–water partition coefficient (Wildman–Crippen LogP) is 3.11. The first kappa shape index (κ1) is 23.2. The number of carbonyl (C=O) groups excluding carboxylic acids is 2. The number of hydrogen-bond donors (Lipinski definition) is 2. The van der Waals surface area contributed by atoms with Gasteiger partial charge in [0.15, 0.2) is 12.4 Å². The number of benzene rings is 1. The molecule has 1 aromatic rings. The van der Waals surface area contributed by atoms with E-state index in [9.17, 15) is 9.59 Å². The molecule has 0 unspecified atom stereocenters. The van der Waals surface area contributed by atoms with Gasteiger partial charge < -0.3 is 10.6 Å². The van der Waals surface area contributed by atoms with Gasteiger partial charge in [0, 0.05) is 11.9 Å². The summed E-state index contributed by atoms with van der Waals surface area (Å²) < 4.78 is 0. The third kappa shape index (κ3) is 6.49. The van der Waals surface area contributed by atoms with Gasteiger partial charge in [0.05, 0.1) is 0 Å². The quantitative estimate of drug-likeness (QED) is 0.213. The zero-order chi connectivity index (χ0) is 22.0. The van der Waals surface area contributed by atoms with Crippen molar-refractivity contribution in [3.8, 4) is 0 Å². The van der Waals surface area contributed by atoms with Crippen molar-refractivity contribution in [3.63, 3.8) is 0 Å². The lowest BCUT2D eigenvalue weighted by Crippen LogP contribution is -2.44. The molecule has 7 heteroatoms. The van der Waals surface area contributed by atoms with Crippen LogP contribution in [0.1, 0.15) is 19.8 Å². The maximum Gasteiger partial charge on any atom is 0.241 e. The van der Waals surface area contributed by atoms with Gasteiger partial charge in [-0.05, 0) is 30.6 Å². The highest BCUT2D eigenvalue weighted by molar-refractivity contribution is 8.18. The number of carbonyl (C=O) groups is 2. The monoisotopic (exact) mass is 419 g/mol. The van der Waals surface area contributed by atoms with Crippen molar-refractivity contribution < 1.29 is 9.59 Å². The van der Waals surface area contributed by atoms with Gasteiger partial charge in [-0.2, -0.15) is 0 Å². The Bertz CT molecular complexity index is 916. The number of amidine groups is 1. The summed E-state index contributed by atoms with van der Waals surface area (Å²) in [4.78, 5) is 30.6. The van der Waals surface area contributed by atoms with E-state index in [4.69, 9.17) is 0 Å². The van der Waals surface area contributed by atoms with E-state index in [-0.39, 0.29) is 11.8 Å². The second-order valence-corrected chi connectivity index (χ2v) is 7.92. The fourth-order valence-corrected chi connectivity index (χ4v) is 3.48. The maximum atomic E-state index is 12.9. The van der Waals surface area contributed by atoms with Gasteiger partial charge in [0.2, 0.25) is 11.8 Å². The molecule has 0 spiro atoms. The summed E-state index contributed by atoms with van der Waals surface area (Å²) in [6.45, 7) is 13.1. The molecule has 1 aliphatic carbocycles. The van der Waals surface area contributed by atoms with Crippen molar-refractivity contribution in [1.82, 2.24) is 10.6 Å². The number of rotatable bonds is 9. The molecule has 0 atom stereocenters. The molecule has 1 fully saturated rings. The van der Waals surface area contributed by atoms with Gasteiger partial charge in [-0.25, -0.2) is 4.99 Å². The van der Waals surface area contributed by atoms with Crippen LogP contribution in [0.5, 0.6) is 0 Å². The van der Waals surface area contributed by atoms with Gasteiger partial charge in [0.1, 0.15) is 5.41 Å². The van der Waals surface area contributed by atoms with Crippen molar-refractivity contribution in [2.75, 3.05) is 0 Å². The fourth-order valence-electron chi connectivity index (χ4n) is 2.69. The molecule has 2 N–H and O–H groups in total. The van der Waals surface area contributed by atoms with E-state index in [1.807, 2.05) is 37.3 Å². The standard InChI is InChI=1S/C23H26BN3O2S/c1-5-8-14-19(6-2)26-20(28)23(15-16-23)21(29)27-22(25-7-3)30-17(4)24-18-12-10-9-11-13-18/h5-14,24H,1,3-4,15-16H2,2H3,(H,26,28)(H,25,27,29)/b14-8-,19-6+. The first-order valence-electron chi connectivity index (χ1n) is 9.61. The van der Waals surface area contributed by atoms with E-state index in [0.29, 0.717) is 31.0 Å². The van der Waals surface area contributed by atoms with Crippen LogP contribution in [0.15, 0.2) is 96.1 Å². The van der Waals surface area contributed by atoms with E-state index in [1.165, 1.54) is 18.0 Å². The third-order valence-corrected chi connectivity index (χ3v) is 5.35. The minimum Gasteiger partial charge on any atom is -0.325 e. The number of thioether (sulfide) groups is 1. The van der Waals surface area contributed by atoms with Crippen LogP contribution >= 0.6 is 11.8 Å². The lowest BCUT2D eigenvalue weighted by Gasteiger charge is -2.17. The number of nitrogens with one attached hydrogen (secondary N) is 2. The molecule has 0 aliphatic heterocycles. The Morgan fingerprint density at radius 1 is 1.17 bits per heavy atom. The summed E-state index contributed by atoms with van der Waals surface area (Å²) in [5, 5.41) is 5.94. The highest BCUT2D eigenvalue weighted by Crippen LogP contribution is 2.46. The van der Waals surface area contributed by atoms with Crippen LogP contribution in [-0.2, 0) is 9.59 Å². The van der Waals surface area contributed by atoms with E-state index < -0.39 is 5.41 Å². The molecule has 0 radical (unpaired) electrons. The van der Waals surface area contributed by atoms with Crippen LogP contribution in [0.25, 0.3) is 0 Å². The van der Waals surface area contributed by atoms with E-state index >= 15 is 0 Å². The zero-order valence-electron chi connectivity index (χ0n) is 17.2. The first-order valence-corrected chi connectivity index (χ1v) is 10.4. The Labute approximate surface area is 183 Å². The molecule has 5 nitrogen and oxygen atoms in total. The van der Waals surface area contributed by atoms with Crippen molar-refractivity contribution in [1.29, 1.82) is 0 Å². The van der Waals surface area contributed by atoms with E-state index in [0.717, 1.165) is 10.3 Å². The van der Waals surface area contributed by atoms with Crippen molar-refractivity contribution in [3.05, 3.63) is 91.1 Å². The van der Waals surface area contributed by atoms with E-state index in [1.54, 1.807) is 24.3 Å². The Hall–Kier alpha value is -3.06. The largest absolute Gasteiger partial charge is 0.325 e. The minimum atomic E-state index is -1.08. The Morgan fingerprint density at radius 3 is 2.40 bits per heavy atom. The van der Waals surface area contributed by atoms with Crippen LogP contribution in [0.2, 0.25) is 0 Å². The molecular weight excluding hydrogens is 393 g/mol. The highest BCUT2D eigenvalue weighted by Gasteiger charge is 2.56. The second kappa shape index (κ2) is 11.2. The molecule has 30 heavy (non-hydrogen) atoms. The van der Waals surface area contributed by atoms with Crippen molar-refractivity contribution in [2.24, 2.45) is 10.4 Å². The van der Waals surface area contributed by atoms with Crippen LogP contribution in [0.4, 0.5) is 0 Å². The van der Waals surface area contributed by atoms with E-state index in [2.05, 4.69) is 35.4 Å². The normalized spacial score (nSPS) is 15.2. The van der Waals surface area contributed by atoms with Gasteiger partial charge in [0.25, 0.3) is 0 Å². The summed E-state index contributed by atoms with van der Waals surface area (Å²) in [6.07, 6.45) is 9.17. The van der Waals surface area contributed by atoms with Crippen molar-refractivity contribution in [2.45, 2.75) is 19.8 Å². The van der Waals surface area contributed by atoms with Gasteiger partial charge in [-0.1, -0.05) is 85.5 Å². The maximum absolute atomic E-state index is 12.9. The first-order chi connectivity index (χ1) is 14.4. The van der Waals surface area contributed by atoms with Crippen molar-refractivity contribution >= 4 is 41.5 Å². The molecule has 0 aromatic heterocycles. The molecule has 2 amide bonds. The average molecular weight is 419 g/mol. The van der Waals surface area contributed by atoms with Crippen LogP contribution in [0, 0.1) is 5.41 Å². The molecule has 1 saturated carbocycles. The fraction of sp³-hybridized carbons (Fsp3) is 0.174. The SMILES string of the molecule is C=C/C=C\C(=C/C)NC(=O)C1(C(=O)N/C(=N/C=C)SC(=C)Bc2ccccc2)CC1. The van der Waals surface area contributed by atoms with Gasteiger partial charge >= 0.3 is 0 Å². The van der Waals surface area contributed by atoms with Gasteiger partial charge in [-0.15, -0.1) is 0 Å².